The van der Waals surface area contributed by atoms with Crippen molar-refractivity contribution in [3.63, 3.8) is 0 Å². The molecule has 3 unspecified atom stereocenters. The Hall–Kier alpha value is -2.83. The van der Waals surface area contributed by atoms with Gasteiger partial charge in [-0.25, -0.2) is 0 Å². The predicted molar refractivity (Wildman–Crippen MR) is 109 cm³/mol. The van der Waals surface area contributed by atoms with Gasteiger partial charge in [-0.05, 0) is 62.6 Å². The number of carbonyl (C=O) groups is 2. The monoisotopic (exact) mass is 418 g/mol. The Morgan fingerprint density at radius 2 is 1.77 bits per heavy atom. The molecule has 0 fully saturated rings. The molecule has 2 aromatic carbocycles. The van der Waals surface area contributed by atoms with Gasteiger partial charge in [0.25, 0.3) is 5.91 Å². The standard InChI is InChI=1S/C23H25F3N2O2/c1-4-14(2)27-21(29)19-13-15(3)28(20-8-6-5-7-18(19)20)22(30)16-9-11-17(12-10-16)23(24,25)26/h5-12,14-15,19H,4,13H2,1-3H3,(H,27,29). The van der Waals surface area contributed by atoms with E-state index in [0.717, 1.165) is 24.1 Å². The number of para-hydroxylation sites is 1. The van der Waals surface area contributed by atoms with Crippen LogP contribution in [0.1, 0.15) is 61.0 Å². The molecule has 3 atom stereocenters. The van der Waals surface area contributed by atoms with Gasteiger partial charge in [0.15, 0.2) is 0 Å². The normalized spacial score (nSPS) is 19.7. The predicted octanol–water partition coefficient (Wildman–Crippen LogP) is 5.14. The fraction of sp³-hybridized carbons (Fsp3) is 0.391. The summed E-state index contributed by atoms with van der Waals surface area (Å²) in [5.41, 5.74) is 0.738. The molecule has 0 aliphatic carbocycles. The number of nitrogens with one attached hydrogen (secondary N) is 1. The van der Waals surface area contributed by atoms with Gasteiger partial charge in [-0.2, -0.15) is 13.2 Å². The molecule has 2 amide bonds. The highest BCUT2D eigenvalue weighted by Crippen LogP contribution is 2.39. The Morgan fingerprint density at radius 3 is 2.37 bits per heavy atom. The summed E-state index contributed by atoms with van der Waals surface area (Å²) in [5, 5.41) is 3.01. The minimum absolute atomic E-state index is 0.0479. The molecule has 1 heterocycles. The van der Waals surface area contributed by atoms with Gasteiger partial charge in [-0.15, -0.1) is 0 Å². The van der Waals surface area contributed by atoms with E-state index in [9.17, 15) is 22.8 Å². The number of hydrogen-bond donors (Lipinski definition) is 1. The molecular weight excluding hydrogens is 393 g/mol. The summed E-state index contributed by atoms with van der Waals surface area (Å²) in [5.74, 6) is -0.850. The lowest BCUT2D eigenvalue weighted by Gasteiger charge is -2.39. The van der Waals surface area contributed by atoms with E-state index >= 15 is 0 Å². The zero-order valence-corrected chi connectivity index (χ0v) is 17.2. The van der Waals surface area contributed by atoms with E-state index in [4.69, 9.17) is 0 Å². The molecule has 1 aliphatic heterocycles. The maximum Gasteiger partial charge on any atom is 0.416 e. The number of carbonyl (C=O) groups excluding carboxylic acids is 2. The Kier molecular flexibility index (Phi) is 6.19. The molecule has 2 aromatic rings. The lowest BCUT2D eigenvalue weighted by Crippen LogP contribution is -2.47. The molecule has 0 saturated heterocycles. The molecule has 1 N–H and O–H groups in total. The molecule has 1 aliphatic rings. The Bertz CT molecular complexity index is 925. The van der Waals surface area contributed by atoms with E-state index in [1.165, 1.54) is 12.1 Å². The van der Waals surface area contributed by atoms with Crippen LogP contribution in [0.3, 0.4) is 0 Å². The Morgan fingerprint density at radius 1 is 1.13 bits per heavy atom. The third-order valence-corrected chi connectivity index (χ3v) is 5.58. The molecule has 160 valence electrons. The number of rotatable bonds is 4. The average molecular weight is 418 g/mol. The third kappa shape index (κ3) is 4.35. The molecule has 3 rings (SSSR count). The van der Waals surface area contributed by atoms with E-state index in [1.54, 1.807) is 17.0 Å². The van der Waals surface area contributed by atoms with Crippen LogP contribution in [0.4, 0.5) is 18.9 Å². The van der Waals surface area contributed by atoms with E-state index in [0.29, 0.717) is 12.1 Å². The van der Waals surface area contributed by atoms with Crippen LogP contribution in [-0.4, -0.2) is 23.9 Å². The molecule has 0 saturated carbocycles. The van der Waals surface area contributed by atoms with Crippen LogP contribution in [0, 0.1) is 0 Å². The van der Waals surface area contributed by atoms with Gasteiger partial charge in [0, 0.05) is 23.3 Å². The van der Waals surface area contributed by atoms with Gasteiger partial charge < -0.3 is 10.2 Å². The van der Waals surface area contributed by atoms with Gasteiger partial charge >= 0.3 is 6.18 Å². The van der Waals surface area contributed by atoms with E-state index < -0.39 is 11.7 Å². The summed E-state index contributed by atoms with van der Waals surface area (Å²) >= 11 is 0. The van der Waals surface area contributed by atoms with Crippen LogP contribution in [0.25, 0.3) is 0 Å². The fourth-order valence-corrected chi connectivity index (χ4v) is 3.76. The highest BCUT2D eigenvalue weighted by atomic mass is 19.4. The molecule has 0 bridgehead atoms. The Balaban J connectivity index is 1.92. The van der Waals surface area contributed by atoms with E-state index in [-0.39, 0.29) is 35.4 Å². The highest BCUT2D eigenvalue weighted by molar-refractivity contribution is 6.08. The summed E-state index contributed by atoms with van der Waals surface area (Å²) in [6, 6.07) is 11.2. The summed E-state index contributed by atoms with van der Waals surface area (Å²) in [6.07, 6.45) is -3.21. The van der Waals surface area contributed by atoms with Gasteiger partial charge in [0.2, 0.25) is 5.91 Å². The summed E-state index contributed by atoms with van der Waals surface area (Å²) < 4.78 is 38.5. The van der Waals surface area contributed by atoms with Crippen LogP contribution in [0.2, 0.25) is 0 Å². The SMILES string of the molecule is CCC(C)NC(=O)C1CC(C)N(C(=O)c2ccc(C(F)(F)F)cc2)c2ccccc21. The first-order valence-corrected chi connectivity index (χ1v) is 10.0. The minimum Gasteiger partial charge on any atom is -0.353 e. The molecule has 0 aromatic heterocycles. The van der Waals surface area contributed by atoms with Gasteiger partial charge in [-0.3, -0.25) is 9.59 Å². The average Bonchev–Trinajstić information content (AvgIpc) is 2.72. The van der Waals surface area contributed by atoms with Crippen molar-refractivity contribution in [2.75, 3.05) is 4.90 Å². The Labute approximate surface area is 174 Å². The number of halogens is 3. The largest absolute Gasteiger partial charge is 0.416 e. The summed E-state index contributed by atoms with van der Waals surface area (Å²) in [7, 11) is 0. The lowest BCUT2D eigenvalue weighted by atomic mass is 9.84. The summed E-state index contributed by atoms with van der Waals surface area (Å²) in [6.45, 7) is 5.78. The quantitative estimate of drug-likeness (QED) is 0.747. The highest BCUT2D eigenvalue weighted by Gasteiger charge is 2.37. The molecule has 4 nitrogen and oxygen atoms in total. The molecule has 7 heteroatoms. The molecular formula is C23H25F3N2O2. The third-order valence-electron chi connectivity index (χ3n) is 5.58. The number of hydrogen-bond acceptors (Lipinski definition) is 2. The second-order valence-corrected chi connectivity index (χ2v) is 7.76. The molecule has 0 spiro atoms. The zero-order valence-electron chi connectivity index (χ0n) is 17.2. The van der Waals surface area contributed by atoms with Crippen molar-refractivity contribution in [2.45, 2.75) is 57.8 Å². The van der Waals surface area contributed by atoms with Crippen LogP contribution in [0.5, 0.6) is 0 Å². The van der Waals surface area contributed by atoms with Crippen molar-refractivity contribution in [3.8, 4) is 0 Å². The number of benzene rings is 2. The smallest absolute Gasteiger partial charge is 0.353 e. The number of nitrogens with zero attached hydrogens (tertiary/aromatic N) is 1. The van der Waals surface area contributed by atoms with Crippen LogP contribution >= 0.6 is 0 Å². The van der Waals surface area contributed by atoms with E-state index in [1.807, 2.05) is 32.9 Å². The summed E-state index contributed by atoms with van der Waals surface area (Å²) in [4.78, 5) is 27.6. The first-order chi connectivity index (χ1) is 14.1. The second-order valence-electron chi connectivity index (χ2n) is 7.76. The first-order valence-electron chi connectivity index (χ1n) is 10.0. The first kappa shape index (κ1) is 21.9. The zero-order chi connectivity index (χ0) is 22.1. The number of alkyl halides is 3. The maximum absolute atomic E-state index is 13.2. The lowest BCUT2D eigenvalue weighted by molar-refractivity contribution is -0.137. The minimum atomic E-state index is -4.46. The maximum atomic E-state index is 13.2. The van der Waals surface area contributed by atoms with Crippen LogP contribution in [-0.2, 0) is 11.0 Å². The fourth-order valence-electron chi connectivity index (χ4n) is 3.76. The topological polar surface area (TPSA) is 49.4 Å². The van der Waals surface area contributed by atoms with Crippen molar-refractivity contribution in [3.05, 3.63) is 65.2 Å². The van der Waals surface area contributed by atoms with Crippen molar-refractivity contribution in [1.82, 2.24) is 5.32 Å². The van der Waals surface area contributed by atoms with Crippen LogP contribution in [0.15, 0.2) is 48.5 Å². The van der Waals surface area contributed by atoms with Gasteiger partial charge in [0.05, 0.1) is 11.5 Å². The number of fused-ring (bicyclic) bond motifs is 1. The van der Waals surface area contributed by atoms with Gasteiger partial charge in [-0.1, -0.05) is 25.1 Å². The van der Waals surface area contributed by atoms with Gasteiger partial charge in [0.1, 0.15) is 0 Å². The number of amides is 2. The van der Waals surface area contributed by atoms with Crippen molar-refractivity contribution in [2.24, 2.45) is 0 Å². The molecule has 30 heavy (non-hydrogen) atoms. The van der Waals surface area contributed by atoms with E-state index in [2.05, 4.69) is 5.32 Å². The number of anilines is 1. The second kappa shape index (κ2) is 8.50. The van der Waals surface area contributed by atoms with Crippen molar-refractivity contribution < 1.29 is 22.8 Å². The van der Waals surface area contributed by atoms with Crippen molar-refractivity contribution >= 4 is 17.5 Å². The molecule has 0 radical (unpaired) electrons. The van der Waals surface area contributed by atoms with Crippen LogP contribution < -0.4 is 10.2 Å². The van der Waals surface area contributed by atoms with Crippen molar-refractivity contribution in [1.29, 1.82) is 0 Å².